The molecule has 0 fully saturated rings. The van der Waals surface area contributed by atoms with E-state index in [-0.39, 0.29) is 34.6 Å². The second kappa shape index (κ2) is 7.94. The Balaban J connectivity index is 2.59. The first kappa shape index (κ1) is 21.0. The predicted molar refractivity (Wildman–Crippen MR) is 109 cm³/mol. The molecule has 2 N–H and O–H groups in total. The maximum Gasteiger partial charge on any atom is 0.371 e. The molecule has 0 aliphatic rings. The standard InChI is InChI=1S/C21H20N2O7/c1-4-6-11-18-12(7-13-16(25)9-17(21(28)29)30-19(11)13)15(23(5-2)10(3)24)8-14(22-18)20(26)27/h7-9H,4-6H2,1-3H3,(H,26,27)(H,28,29). The quantitative estimate of drug-likeness (QED) is 0.589. The van der Waals surface area contributed by atoms with Crippen LogP contribution >= 0.6 is 0 Å². The summed E-state index contributed by atoms with van der Waals surface area (Å²) in [7, 11) is 0. The van der Waals surface area contributed by atoms with E-state index in [1.807, 2.05) is 6.92 Å². The van der Waals surface area contributed by atoms with Gasteiger partial charge in [0.15, 0.2) is 11.1 Å². The van der Waals surface area contributed by atoms with Crippen molar-refractivity contribution in [3.8, 4) is 0 Å². The van der Waals surface area contributed by atoms with E-state index in [0.717, 1.165) is 6.07 Å². The lowest BCUT2D eigenvalue weighted by Crippen LogP contribution is -2.28. The SMILES string of the molecule is CCCc1c2nc(C(=O)O)cc(N(CC)C(C)=O)c2cc2c(=O)cc(C(=O)O)oc12. The van der Waals surface area contributed by atoms with Gasteiger partial charge in [-0.3, -0.25) is 9.59 Å². The Hall–Kier alpha value is -3.75. The number of carboxylic acid groups (broad SMARTS) is 2. The maximum atomic E-state index is 12.6. The summed E-state index contributed by atoms with van der Waals surface area (Å²) in [6.45, 7) is 5.26. The third-order valence-corrected chi connectivity index (χ3v) is 4.79. The molecule has 0 aliphatic carbocycles. The molecule has 9 nitrogen and oxygen atoms in total. The molecule has 2 heterocycles. The van der Waals surface area contributed by atoms with Gasteiger partial charge in [-0.2, -0.15) is 0 Å². The molecule has 156 valence electrons. The molecule has 0 atom stereocenters. The number of amides is 1. The van der Waals surface area contributed by atoms with E-state index in [9.17, 15) is 29.4 Å². The fourth-order valence-electron chi connectivity index (χ4n) is 3.51. The van der Waals surface area contributed by atoms with Crippen LogP contribution in [0, 0.1) is 0 Å². The van der Waals surface area contributed by atoms with Gasteiger partial charge < -0.3 is 19.5 Å². The fourth-order valence-corrected chi connectivity index (χ4v) is 3.51. The highest BCUT2D eigenvalue weighted by molar-refractivity contribution is 6.09. The highest BCUT2D eigenvalue weighted by atomic mass is 16.4. The summed E-state index contributed by atoms with van der Waals surface area (Å²) < 4.78 is 5.50. The van der Waals surface area contributed by atoms with Crippen LogP contribution in [0.5, 0.6) is 0 Å². The number of anilines is 1. The third-order valence-electron chi connectivity index (χ3n) is 4.79. The Morgan fingerprint density at radius 3 is 2.30 bits per heavy atom. The molecule has 9 heteroatoms. The van der Waals surface area contributed by atoms with Crippen LogP contribution in [0.15, 0.2) is 27.4 Å². The molecule has 0 radical (unpaired) electrons. The van der Waals surface area contributed by atoms with Gasteiger partial charge in [-0.15, -0.1) is 0 Å². The highest BCUT2D eigenvalue weighted by Gasteiger charge is 2.23. The van der Waals surface area contributed by atoms with Crippen molar-refractivity contribution >= 4 is 45.4 Å². The van der Waals surface area contributed by atoms with Crippen molar-refractivity contribution in [1.82, 2.24) is 4.98 Å². The molecule has 0 saturated carbocycles. The summed E-state index contributed by atoms with van der Waals surface area (Å²) >= 11 is 0. The summed E-state index contributed by atoms with van der Waals surface area (Å²) in [6.07, 6.45) is 0.968. The van der Waals surface area contributed by atoms with Crippen LogP contribution < -0.4 is 10.3 Å². The van der Waals surface area contributed by atoms with Crippen molar-refractivity contribution in [2.24, 2.45) is 0 Å². The molecule has 0 bridgehead atoms. The number of aryl methyl sites for hydroxylation is 1. The minimum Gasteiger partial charge on any atom is -0.477 e. The summed E-state index contributed by atoms with van der Waals surface area (Å²) in [5, 5.41) is 19.4. The van der Waals surface area contributed by atoms with Gasteiger partial charge in [0.05, 0.1) is 16.6 Å². The van der Waals surface area contributed by atoms with Crippen molar-refractivity contribution in [3.05, 3.63) is 45.4 Å². The molecule has 2 aromatic heterocycles. The number of fused-ring (bicyclic) bond motifs is 2. The number of aromatic nitrogens is 1. The van der Waals surface area contributed by atoms with E-state index >= 15 is 0 Å². The van der Waals surface area contributed by atoms with Gasteiger partial charge in [0.2, 0.25) is 11.7 Å². The van der Waals surface area contributed by atoms with E-state index < -0.39 is 23.1 Å². The molecule has 0 saturated heterocycles. The third kappa shape index (κ3) is 3.49. The molecule has 30 heavy (non-hydrogen) atoms. The van der Waals surface area contributed by atoms with Crippen LogP contribution in [0.25, 0.3) is 21.9 Å². The molecule has 0 unspecified atom stereocenters. The Bertz CT molecular complexity index is 1260. The number of nitrogens with zero attached hydrogens (tertiary/aromatic N) is 2. The molecule has 0 spiro atoms. The monoisotopic (exact) mass is 412 g/mol. The number of benzene rings is 1. The van der Waals surface area contributed by atoms with Crippen LogP contribution in [0.2, 0.25) is 0 Å². The number of carbonyl (C=O) groups is 3. The van der Waals surface area contributed by atoms with Crippen LogP contribution in [-0.4, -0.2) is 39.6 Å². The summed E-state index contributed by atoms with van der Waals surface area (Å²) in [6, 6.07) is 3.67. The first-order chi connectivity index (χ1) is 14.2. The second-order valence-electron chi connectivity index (χ2n) is 6.75. The fraction of sp³-hybridized carbons (Fsp3) is 0.286. The predicted octanol–water partition coefficient (Wildman–Crippen LogP) is 3.06. The van der Waals surface area contributed by atoms with Crippen molar-refractivity contribution in [1.29, 1.82) is 0 Å². The van der Waals surface area contributed by atoms with Crippen molar-refractivity contribution in [3.63, 3.8) is 0 Å². The number of carbonyl (C=O) groups excluding carboxylic acids is 1. The van der Waals surface area contributed by atoms with E-state index in [4.69, 9.17) is 4.42 Å². The Morgan fingerprint density at radius 2 is 1.77 bits per heavy atom. The average Bonchev–Trinajstić information content (AvgIpc) is 2.68. The number of rotatable bonds is 6. The Morgan fingerprint density at radius 1 is 1.07 bits per heavy atom. The number of carboxylic acids is 2. The summed E-state index contributed by atoms with van der Waals surface area (Å²) in [5.41, 5.74) is 0.228. The van der Waals surface area contributed by atoms with Crippen LogP contribution in [-0.2, 0) is 11.2 Å². The van der Waals surface area contributed by atoms with Gasteiger partial charge in [-0.25, -0.2) is 14.6 Å². The molecular weight excluding hydrogens is 392 g/mol. The number of hydrogen-bond acceptors (Lipinski definition) is 6. The number of aromatic carboxylic acids is 2. The largest absolute Gasteiger partial charge is 0.477 e. The van der Waals surface area contributed by atoms with Gasteiger partial charge >= 0.3 is 11.9 Å². The number of pyridine rings is 1. The van der Waals surface area contributed by atoms with Gasteiger partial charge in [-0.05, 0) is 25.5 Å². The van der Waals surface area contributed by atoms with Gasteiger partial charge in [0.25, 0.3) is 0 Å². The van der Waals surface area contributed by atoms with E-state index in [1.54, 1.807) is 6.92 Å². The number of hydrogen-bond donors (Lipinski definition) is 2. The van der Waals surface area contributed by atoms with Gasteiger partial charge in [0.1, 0.15) is 5.58 Å². The lowest BCUT2D eigenvalue weighted by atomic mass is 9.99. The minimum atomic E-state index is -1.39. The first-order valence-electron chi connectivity index (χ1n) is 9.38. The van der Waals surface area contributed by atoms with Gasteiger partial charge in [0, 0.05) is 30.5 Å². The summed E-state index contributed by atoms with van der Waals surface area (Å²) in [5.74, 6) is -3.48. The lowest BCUT2D eigenvalue weighted by Gasteiger charge is -2.22. The van der Waals surface area contributed by atoms with Crippen LogP contribution in [0.3, 0.4) is 0 Å². The molecular formula is C21H20N2O7. The smallest absolute Gasteiger partial charge is 0.371 e. The maximum absolute atomic E-state index is 12.6. The lowest BCUT2D eigenvalue weighted by molar-refractivity contribution is -0.116. The molecule has 3 aromatic rings. The van der Waals surface area contributed by atoms with Crippen molar-refractivity contribution in [2.45, 2.75) is 33.6 Å². The zero-order valence-corrected chi connectivity index (χ0v) is 16.7. The first-order valence-corrected chi connectivity index (χ1v) is 9.38. The molecule has 1 aromatic carbocycles. The topological polar surface area (TPSA) is 138 Å². The molecule has 3 rings (SSSR count). The highest BCUT2D eigenvalue weighted by Crippen LogP contribution is 2.34. The average molecular weight is 412 g/mol. The van der Waals surface area contributed by atoms with Crippen LogP contribution in [0.1, 0.15) is 53.8 Å². The Labute approximate surface area is 170 Å². The Kier molecular flexibility index (Phi) is 5.55. The van der Waals surface area contributed by atoms with Crippen molar-refractivity contribution < 1.29 is 29.0 Å². The zero-order valence-electron chi connectivity index (χ0n) is 16.7. The van der Waals surface area contributed by atoms with E-state index in [1.165, 1.54) is 24.0 Å². The van der Waals surface area contributed by atoms with Crippen LogP contribution in [0.4, 0.5) is 5.69 Å². The van der Waals surface area contributed by atoms with E-state index in [0.29, 0.717) is 29.5 Å². The molecule has 0 aliphatic heterocycles. The van der Waals surface area contributed by atoms with Crippen molar-refractivity contribution in [2.75, 3.05) is 11.4 Å². The minimum absolute atomic E-state index is 0.0566. The van der Waals surface area contributed by atoms with Gasteiger partial charge in [-0.1, -0.05) is 13.3 Å². The second-order valence-corrected chi connectivity index (χ2v) is 6.75. The summed E-state index contributed by atoms with van der Waals surface area (Å²) in [4.78, 5) is 53.5. The molecule has 1 amide bonds. The normalized spacial score (nSPS) is 11.0. The van der Waals surface area contributed by atoms with E-state index in [2.05, 4.69) is 4.98 Å². The zero-order chi connectivity index (χ0) is 22.2.